The zero-order chi connectivity index (χ0) is 17.8. The number of fused-ring (bicyclic) bond motifs is 1. The van der Waals surface area contributed by atoms with Gasteiger partial charge in [-0.25, -0.2) is 0 Å². The largest absolute Gasteiger partial charge is 0.489 e. The molecule has 2 aromatic carbocycles. The summed E-state index contributed by atoms with van der Waals surface area (Å²) in [6, 6.07) is 13.5. The van der Waals surface area contributed by atoms with Gasteiger partial charge in [0, 0.05) is 6.07 Å². The lowest BCUT2D eigenvalue weighted by molar-refractivity contribution is 0.101. The minimum Gasteiger partial charge on any atom is -0.489 e. The number of Topliss-reactive ketones (excluding diaryl/α,β-unsaturated/α-hetero) is 1. The van der Waals surface area contributed by atoms with E-state index >= 15 is 0 Å². The standard InChI is InChI=1S/C22H22O3/c1-4-16-5-7-17(8-6-16)13-21-22(23)19-10-9-18(14-20(19)25-21)24-12-11-15(2)3/h5-11,13-14H,4,12H2,1-3H3/b21-13+. The number of carbonyl (C=O) groups is 1. The topological polar surface area (TPSA) is 35.5 Å². The molecule has 3 rings (SSSR count). The smallest absolute Gasteiger partial charge is 0.231 e. The average molecular weight is 334 g/mol. The summed E-state index contributed by atoms with van der Waals surface area (Å²) in [6.45, 7) is 6.67. The molecule has 3 heteroatoms. The van der Waals surface area contributed by atoms with Crippen LogP contribution in [0.3, 0.4) is 0 Å². The van der Waals surface area contributed by atoms with Crippen LogP contribution < -0.4 is 9.47 Å². The second-order valence-corrected chi connectivity index (χ2v) is 6.29. The lowest BCUT2D eigenvalue weighted by atomic mass is 10.1. The van der Waals surface area contributed by atoms with E-state index in [9.17, 15) is 4.79 Å². The fourth-order valence-corrected chi connectivity index (χ4v) is 2.56. The van der Waals surface area contributed by atoms with Crippen LogP contribution in [0.15, 0.2) is 59.9 Å². The second-order valence-electron chi connectivity index (χ2n) is 6.29. The van der Waals surface area contributed by atoms with Crippen LogP contribution in [0, 0.1) is 0 Å². The minimum absolute atomic E-state index is 0.0922. The van der Waals surface area contributed by atoms with E-state index in [1.165, 1.54) is 11.1 Å². The van der Waals surface area contributed by atoms with Gasteiger partial charge in [-0.05, 0) is 55.7 Å². The van der Waals surface area contributed by atoms with E-state index in [4.69, 9.17) is 9.47 Å². The molecule has 0 saturated carbocycles. The molecule has 0 N–H and O–H groups in total. The average Bonchev–Trinajstić information content (AvgIpc) is 2.90. The summed E-state index contributed by atoms with van der Waals surface area (Å²) in [5.41, 5.74) is 3.99. The van der Waals surface area contributed by atoms with Crippen LogP contribution in [0.2, 0.25) is 0 Å². The Labute approximate surface area is 148 Å². The molecule has 1 heterocycles. The fraction of sp³-hybridized carbons (Fsp3) is 0.227. The summed E-state index contributed by atoms with van der Waals surface area (Å²) in [5, 5.41) is 0. The van der Waals surface area contributed by atoms with Crippen LogP contribution in [0.5, 0.6) is 11.5 Å². The Bertz CT molecular complexity index is 838. The monoisotopic (exact) mass is 334 g/mol. The Hall–Kier alpha value is -2.81. The molecule has 0 aromatic heterocycles. The maximum atomic E-state index is 12.5. The van der Waals surface area contributed by atoms with E-state index in [2.05, 4.69) is 19.1 Å². The first-order chi connectivity index (χ1) is 12.1. The SMILES string of the molecule is CCc1ccc(/C=C2/Oc3cc(OCC=C(C)C)ccc3C2=O)cc1. The van der Waals surface area contributed by atoms with Gasteiger partial charge in [-0.3, -0.25) is 4.79 Å². The van der Waals surface area contributed by atoms with Crippen molar-refractivity contribution in [2.75, 3.05) is 6.61 Å². The van der Waals surface area contributed by atoms with Crippen LogP contribution in [0.25, 0.3) is 6.08 Å². The Balaban J connectivity index is 1.77. The molecule has 25 heavy (non-hydrogen) atoms. The fourth-order valence-electron chi connectivity index (χ4n) is 2.56. The third kappa shape index (κ3) is 4.00. The first-order valence-electron chi connectivity index (χ1n) is 8.50. The van der Waals surface area contributed by atoms with E-state index in [1.54, 1.807) is 24.3 Å². The highest BCUT2D eigenvalue weighted by Gasteiger charge is 2.27. The van der Waals surface area contributed by atoms with Crippen LogP contribution in [0.4, 0.5) is 0 Å². The molecule has 0 radical (unpaired) electrons. The summed E-state index contributed by atoms with van der Waals surface area (Å²) in [4.78, 5) is 12.5. The number of ether oxygens (including phenoxy) is 2. The van der Waals surface area contributed by atoms with Crippen molar-refractivity contribution in [2.24, 2.45) is 0 Å². The van der Waals surface area contributed by atoms with Crippen molar-refractivity contribution in [1.29, 1.82) is 0 Å². The van der Waals surface area contributed by atoms with Gasteiger partial charge in [0.15, 0.2) is 5.76 Å². The predicted molar refractivity (Wildman–Crippen MR) is 100 cm³/mol. The predicted octanol–water partition coefficient (Wildman–Crippen LogP) is 5.21. The first kappa shape index (κ1) is 17.0. The first-order valence-corrected chi connectivity index (χ1v) is 8.50. The maximum Gasteiger partial charge on any atom is 0.231 e. The molecule has 0 spiro atoms. The Kier molecular flexibility index (Phi) is 5.03. The van der Waals surface area contributed by atoms with Crippen molar-refractivity contribution < 1.29 is 14.3 Å². The summed E-state index contributed by atoms with van der Waals surface area (Å²) in [6.07, 6.45) is 4.78. The van der Waals surface area contributed by atoms with E-state index in [0.29, 0.717) is 29.4 Å². The van der Waals surface area contributed by atoms with Gasteiger partial charge in [0.2, 0.25) is 5.78 Å². The number of aryl methyl sites for hydroxylation is 1. The maximum absolute atomic E-state index is 12.5. The molecule has 2 aromatic rings. The van der Waals surface area contributed by atoms with Gasteiger partial charge in [-0.1, -0.05) is 36.8 Å². The van der Waals surface area contributed by atoms with Gasteiger partial charge >= 0.3 is 0 Å². The molecule has 0 amide bonds. The van der Waals surface area contributed by atoms with Gasteiger partial charge in [-0.2, -0.15) is 0 Å². The van der Waals surface area contributed by atoms with Gasteiger partial charge in [0.25, 0.3) is 0 Å². The van der Waals surface area contributed by atoms with Crippen LogP contribution >= 0.6 is 0 Å². The molecule has 0 atom stereocenters. The third-order valence-electron chi connectivity index (χ3n) is 4.07. The third-order valence-corrected chi connectivity index (χ3v) is 4.07. The molecule has 0 aliphatic carbocycles. The molecule has 0 bridgehead atoms. The van der Waals surface area contributed by atoms with Crippen molar-refractivity contribution in [2.45, 2.75) is 27.2 Å². The molecule has 3 nitrogen and oxygen atoms in total. The van der Waals surface area contributed by atoms with E-state index in [-0.39, 0.29) is 5.78 Å². The van der Waals surface area contributed by atoms with Gasteiger partial charge in [0.1, 0.15) is 18.1 Å². The summed E-state index contributed by atoms with van der Waals surface area (Å²) >= 11 is 0. The number of benzene rings is 2. The zero-order valence-electron chi connectivity index (χ0n) is 14.8. The van der Waals surface area contributed by atoms with E-state index < -0.39 is 0 Å². The molecule has 0 fully saturated rings. The quantitative estimate of drug-likeness (QED) is 0.556. The number of hydrogen-bond donors (Lipinski definition) is 0. The lowest BCUT2D eigenvalue weighted by Gasteiger charge is -2.05. The number of rotatable bonds is 5. The van der Waals surface area contributed by atoms with Crippen LogP contribution in [-0.2, 0) is 6.42 Å². The molecule has 0 unspecified atom stereocenters. The highest BCUT2D eigenvalue weighted by molar-refractivity contribution is 6.14. The van der Waals surface area contributed by atoms with Crippen molar-refractivity contribution in [1.82, 2.24) is 0 Å². The van der Waals surface area contributed by atoms with Crippen molar-refractivity contribution >= 4 is 11.9 Å². The van der Waals surface area contributed by atoms with Gasteiger partial charge in [-0.15, -0.1) is 0 Å². The molecular weight excluding hydrogens is 312 g/mol. The van der Waals surface area contributed by atoms with Crippen LogP contribution in [-0.4, -0.2) is 12.4 Å². The van der Waals surface area contributed by atoms with Gasteiger partial charge < -0.3 is 9.47 Å². The highest BCUT2D eigenvalue weighted by atomic mass is 16.5. The second kappa shape index (κ2) is 7.39. The Morgan fingerprint density at radius 3 is 2.56 bits per heavy atom. The Morgan fingerprint density at radius 2 is 1.88 bits per heavy atom. The van der Waals surface area contributed by atoms with E-state index in [0.717, 1.165) is 12.0 Å². The number of ketones is 1. The molecule has 1 aliphatic rings. The van der Waals surface area contributed by atoms with Crippen molar-refractivity contribution in [3.63, 3.8) is 0 Å². The number of allylic oxidation sites excluding steroid dienone is 2. The normalized spacial score (nSPS) is 14.2. The molecule has 128 valence electrons. The zero-order valence-corrected chi connectivity index (χ0v) is 14.8. The molecule has 1 aliphatic heterocycles. The Morgan fingerprint density at radius 1 is 1.12 bits per heavy atom. The number of hydrogen-bond acceptors (Lipinski definition) is 3. The van der Waals surface area contributed by atoms with Gasteiger partial charge in [0.05, 0.1) is 5.56 Å². The van der Waals surface area contributed by atoms with Crippen molar-refractivity contribution in [3.8, 4) is 11.5 Å². The lowest BCUT2D eigenvalue weighted by Crippen LogP contribution is -1.98. The van der Waals surface area contributed by atoms with Crippen LogP contribution in [0.1, 0.15) is 42.3 Å². The summed E-state index contributed by atoms with van der Waals surface area (Å²) < 4.78 is 11.4. The van der Waals surface area contributed by atoms with E-state index in [1.807, 2.05) is 32.1 Å². The van der Waals surface area contributed by atoms with Crippen molar-refractivity contribution in [3.05, 3.63) is 76.6 Å². The highest BCUT2D eigenvalue weighted by Crippen LogP contribution is 2.34. The number of carbonyl (C=O) groups excluding carboxylic acids is 1. The summed E-state index contributed by atoms with van der Waals surface area (Å²) in [5.74, 6) is 1.50. The molecular formula is C22H22O3. The minimum atomic E-state index is -0.0922. The summed E-state index contributed by atoms with van der Waals surface area (Å²) in [7, 11) is 0. The molecule has 0 saturated heterocycles.